The van der Waals surface area contributed by atoms with E-state index in [1.807, 2.05) is 0 Å². The third-order valence-corrected chi connectivity index (χ3v) is 2.72. The number of nitro groups is 1. The fourth-order valence-corrected chi connectivity index (χ4v) is 1.71. The number of nitrogens with zero attached hydrogens (tertiary/aromatic N) is 2. The topological polar surface area (TPSA) is 91.6 Å². The van der Waals surface area contributed by atoms with Crippen molar-refractivity contribution in [1.29, 1.82) is 0 Å². The first kappa shape index (κ1) is 14.7. The summed E-state index contributed by atoms with van der Waals surface area (Å²) in [6.45, 7) is 0. The number of rotatable bonds is 4. The number of esters is 1. The van der Waals surface area contributed by atoms with Crippen molar-refractivity contribution in [1.82, 2.24) is 4.98 Å². The summed E-state index contributed by atoms with van der Waals surface area (Å²) in [6, 6.07) is 6.65. The zero-order chi connectivity index (χ0) is 15.4. The monoisotopic (exact) mass is 308 g/mol. The molecule has 0 radical (unpaired) electrons. The van der Waals surface area contributed by atoms with E-state index in [9.17, 15) is 14.9 Å². The number of ether oxygens (including phenoxy) is 2. The van der Waals surface area contributed by atoms with Crippen LogP contribution in [0.2, 0.25) is 5.02 Å². The Kier molecular flexibility index (Phi) is 4.34. The van der Waals surface area contributed by atoms with Crippen LogP contribution in [0, 0.1) is 10.1 Å². The molecule has 0 aliphatic carbocycles. The van der Waals surface area contributed by atoms with Crippen LogP contribution in [0.3, 0.4) is 0 Å². The molecule has 0 saturated carbocycles. The van der Waals surface area contributed by atoms with Crippen LogP contribution in [0.1, 0.15) is 10.4 Å². The summed E-state index contributed by atoms with van der Waals surface area (Å²) in [5.74, 6) is -0.617. The predicted octanol–water partition coefficient (Wildman–Crippen LogP) is 3.22. The molecule has 0 saturated heterocycles. The second-order valence-electron chi connectivity index (χ2n) is 3.85. The normalized spacial score (nSPS) is 10.0. The number of hydrogen-bond donors (Lipinski definition) is 0. The van der Waals surface area contributed by atoms with Crippen LogP contribution < -0.4 is 4.74 Å². The van der Waals surface area contributed by atoms with Gasteiger partial charge in [-0.2, -0.15) is 0 Å². The van der Waals surface area contributed by atoms with Gasteiger partial charge in [0.1, 0.15) is 0 Å². The molecule has 1 aromatic carbocycles. The lowest BCUT2D eigenvalue weighted by atomic mass is 10.2. The summed E-state index contributed by atoms with van der Waals surface area (Å²) in [5.41, 5.74) is -0.0446. The minimum Gasteiger partial charge on any atom is -0.465 e. The number of aromatic nitrogens is 1. The highest BCUT2D eigenvalue weighted by Crippen LogP contribution is 2.33. The van der Waals surface area contributed by atoms with Gasteiger partial charge in [-0.1, -0.05) is 11.6 Å². The first-order chi connectivity index (χ1) is 10.0. The molecule has 2 aromatic rings. The molecule has 0 aliphatic rings. The van der Waals surface area contributed by atoms with E-state index >= 15 is 0 Å². The number of benzene rings is 1. The van der Waals surface area contributed by atoms with Crippen molar-refractivity contribution in [3.05, 3.63) is 57.2 Å². The van der Waals surface area contributed by atoms with Gasteiger partial charge in [-0.25, -0.2) is 9.78 Å². The number of carbonyl (C=O) groups excluding carboxylic acids is 1. The Hall–Kier alpha value is -2.67. The Morgan fingerprint density at radius 2 is 2.10 bits per heavy atom. The first-order valence-electron chi connectivity index (χ1n) is 5.67. The molecule has 0 atom stereocenters. The standard InChI is InChI=1S/C13H9ClN2O5/c1-20-13(17)8-4-5-15-12(6-8)21-11-7-9(14)2-3-10(11)16(18)19/h2-7H,1H3. The number of hydrogen-bond acceptors (Lipinski definition) is 6. The van der Waals surface area contributed by atoms with Crippen molar-refractivity contribution in [3.63, 3.8) is 0 Å². The molecule has 8 heteroatoms. The lowest BCUT2D eigenvalue weighted by molar-refractivity contribution is -0.385. The van der Waals surface area contributed by atoms with Crippen LogP contribution in [0.5, 0.6) is 11.6 Å². The SMILES string of the molecule is COC(=O)c1ccnc(Oc2cc(Cl)ccc2[N+](=O)[O-])c1. The van der Waals surface area contributed by atoms with Crippen LogP contribution in [-0.4, -0.2) is 23.0 Å². The van der Waals surface area contributed by atoms with Crippen LogP contribution in [0.25, 0.3) is 0 Å². The number of halogens is 1. The molecule has 1 aromatic heterocycles. The molecule has 0 N–H and O–H groups in total. The highest BCUT2D eigenvalue weighted by atomic mass is 35.5. The minimum atomic E-state index is -0.601. The Balaban J connectivity index is 2.36. The molecule has 0 aliphatic heterocycles. The fraction of sp³-hybridized carbons (Fsp3) is 0.0769. The molecule has 2 rings (SSSR count). The van der Waals surface area contributed by atoms with Crippen LogP contribution in [-0.2, 0) is 4.74 Å². The van der Waals surface area contributed by atoms with E-state index in [4.69, 9.17) is 16.3 Å². The summed E-state index contributed by atoms with van der Waals surface area (Å²) in [6.07, 6.45) is 1.33. The van der Waals surface area contributed by atoms with Crippen molar-refractivity contribution in [3.8, 4) is 11.6 Å². The third kappa shape index (κ3) is 3.46. The van der Waals surface area contributed by atoms with Gasteiger partial charge in [-0.05, 0) is 12.1 Å². The van der Waals surface area contributed by atoms with Crippen molar-refractivity contribution in [2.45, 2.75) is 0 Å². The summed E-state index contributed by atoms with van der Waals surface area (Å²) < 4.78 is 9.91. The van der Waals surface area contributed by atoms with E-state index in [1.54, 1.807) is 0 Å². The van der Waals surface area contributed by atoms with Crippen molar-refractivity contribution in [2.75, 3.05) is 7.11 Å². The molecule has 0 fully saturated rings. The molecule has 0 bridgehead atoms. The number of methoxy groups -OCH3 is 1. The van der Waals surface area contributed by atoms with Crippen LogP contribution in [0.4, 0.5) is 5.69 Å². The Labute approximate surface area is 124 Å². The molecular formula is C13H9ClN2O5. The lowest BCUT2D eigenvalue weighted by Crippen LogP contribution is -2.02. The number of nitro benzene ring substituents is 1. The number of carbonyl (C=O) groups is 1. The molecule has 21 heavy (non-hydrogen) atoms. The second kappa shape index (κ2) is 6.19. The molecular weight excluding hydrogens is 300 g/mol. The third-order valence-electron chi connectivity index (χ3n) is 2.49. The van der Waals surface area contributed by atoms with Gasteiger partial charge < -0.3 is 9.47 Å². The molecule has 1 heterocycles. The number of pyridine rings is 1. The highest BCUT2D eigenvalue weighted by Gasteiger charge is 2.17. The minimum absolute atomic E-state index is 0.0169. The van der Waals surface area contributed by atoms with Crippen molar-refractivity contribution in [2.24, 2.45) is 0 Å². The van der Waals surface area contributed by atoms with Gasteiger partial charge in [0.15, 0.2) is 0 Å². The van der Waals surface area contributed by atoms with Gasteiger partial charge >= 0.3 is 11.7 Å². The van der Waals surface area contributed by atoms with Gasteiger partial charge in [-0.15, -0.1) is 0 Å². The Morgan fingerprint density at radius 3 is 2.76 bits per heavy atom. The summed E-state index contributed by atoms with van der Waals surface area (Å²) >= 11 is 5.79. The fourth-order valence-electron chi connectivity index (χ4n) is 1.54. The Bertz CT molecular complexity index is 705. The van der Waals surface area contributed by atoms with Gasteiger partial charge in [0.25, 0.3) is 0 Å². The van der Waals surface area contributed by atoms with E-state index < -0.39 is 10.9 Å². The van der Waals surface area contributed by atoms with E-state index in [1.165, 1.54) is 43.6 Å². The summed E-state index contributed by atoms with van der Waals surface area (Å²) in [5, 5.41) is 11.2. The average Bonchev–Trinajstić information content (AvgIpc) is 2.46. The van der Waals surface area contributed by atoms with E-state index in [0.29, 0.717) is 0 Å². The predicted molar refractivity (Wildman–Crippen MR) is 73.8 cm³/mol. The summed E-state index contributed by atoms with van der Waals surface area (Å²) in [7, 11) is 1.24. The zero-order valence-corrected chi connectivity index (χ0v) is 11.5. The smallest absolute Gasteiger partial charge is 0.338 e. The molecule has 108 valence electrons. The van der Waals surface area contributed by atoms with Gasteiger partial charge in [0.2, 0.25) is 11.6 Å². The average molecular weight is 309 g/mol. The lowest BCUT2D eigenvalue weighted by Gasteiger charge is -2.06. The van der Waals surface area contributed by atoms with E-state index in [0.717, 1.165) is 0 Å². The Morgan fingerprint density at radius 1 is 1.33 bits per heavy atom. The maximum absolute atomic E-state index is 11.4. The zero-order valence-electron chi connectivity index (χ0n) is 10.8. The van der Waals surface area contributed by atoms with Gasteiger partial charge in [0.05, 0.1) is 17.6 Å². The largest absolute Gasteiger partial charge is 0.465 e. The molecule has 0 amide bonds. The van der Waals surface area contributed by atoms with Gasteiger partial charge in [-0.3, -0.25) is 10.1 Å². The van der Waals surface area contributed by atoms with Gasteiger partial charge in [0, 0.05) is 29.4 Å². The maximum Gasteiger partial charge on any atom is 0.338 e. The van der Waals surface area contributed by atoms with Crippen molar-refractivity contribution >= 4 is 23.3 Å². The summed E-state index contributed by atoms with van der Waals surface area (Å²) in [4.78, 5) is 25.6. The quantitative estimate of drug-likeness (QED) is 0.489. The van der Waals surface area contributed by atoms with Crippen LogP contribution >= 0.6 is 11.6 Å². The first-order valence-corrected chi connectivity index (χ1v) is 6.05. The highest BCUT2D eigenvalue weighted by molar-refractivity contribution is 6.30. The van der Waals surface area contributed by atoms with E-state index in [2.05, 4.69) is 9.72 Å². The molecule has 7 nitrogen and oxygen atoms in total. The molecule has 0 spiro atoms. The van der Waals surface area contributed by atoms with Crippen LogP contribution in [0.15, 0.2) is 36.5 Å². The molecule has 0 unspecified atom stereocenters. The van der Waals surface area contributed by atoms with Crippen molar-refractivity contribution < 1.29 is 19.2 Å². The maximum atomic E-state index is 11.4. The second-order valence-corrected chi connectivity index (χ2v) is 4.28. The van der Waals surface area contributed by atoms with E-state index in [-0.39, 0.29) is 27.9 Å².